The second-order valence-electron chi connectivity index (χ2n) is 5.01. The van der Waals surface area contributed by atoms with Gasteiger partial charge in [-0.3, -0.25) is 0 Å². The third-order valence-corrected chi connectivity index (χ3v) is 3.92. The first-order valence-electron chi connectivity index (χ1n) is 6.67. The summed E-state index contributed by atoms with van der Waals surface area (Å²) < 4.78 is 0. The van der Waals surface area contributed by atoms with Crippen LogP contribution in [-0.2, 0) is 0 Å². The van der Waals surface area contributed by atoms with Gasteiger partial charge in [-0.2, -0.15) is 0 Å². The molecule has 0 amide bonds. The van der Waals surface area contributed by atoms with Crippen LogP contribution in [0.2, 0.25) is 0 Å². The summed E-state index contributed by atoms with van der Waals surface area (Å²) in [6.45, 7) is 4.61. The fraction of sp³-hybridized carbons (Fsp3) is 0.600. The van der Waals surface area contributed by atoms with E-state index in [1.54, 1.807) is 0 Å². The van der Waals surface area contributed by atoms with Crippen LogP contribution in [-0.4, -0.2) is 5.75 Å². The van der Waals surface area contributed by atoms with E-state index in [4.69, 9.17) is 5.73 Å². The van der Waals surface area contributed by atoms with Crippen LogP contribution in [0.5, 0.6) is 0 Å². The number of hydrogen-bond acceptors (Lipinski definition) is 2. The topological polar surface area (TPSA) is 26.0 Å². The van der Waals surface area contributed by atoms with Gasteiger partial charge < -0.3 is 5.73 Å². The molecule has 0 heterocycles. The number of thioether (sulfide) groups is 1. The zero-order valence-electron chi connectivity index (χ0n) is 11.1. The quantitative estimate of drug-likeness (QED) is 0.401. The molecule has 0 atom stereocenters. The predicted octanol–water partition coefficient (Wildman–Crippen LogP) is 4.97. The highest BCUT2D eigenvalue weighted by Gasteiger charge is 1.96. The van der Waals surface area contributed by atoms with E-state index in [9.17, 15) is 0 Å². The maximum atomic E-state index is 5.65. The van der Waals surface area contributed by atoms with Gasteiger partial charge >= 0.3 is 0 Å². The SMILES string of the molecule is CC(C)CCCCCCSc1ccc(N)cc1. The summed E-state index contributed by atoms with van der Waals surface area (Å²) in [6, 6.07) is 8.17. The lowest BCUT2D eigenvalue weighted by atomic mass is 10.0. The van der Waals surface area contributed by atoms with Gasteiger partial charge in [0.1, 0.15) is 0 Å². The molecule has 1 aromatic carbocycles. The highest BCUT2D eigenvalue weighted by atomic mass is 32.2. The minimum Gasteiger partial charge on any atom is -0.399 e. The summed E-state index contributed by atoms with van der Waals surface area (Å²) in [5, 5.41) is 0. The van der Waals surface area contributed by atoms with Crippen LogP contribution < -0.4 is 5.73 Å². The molecule has 0 aromatic heterocycles. The van der Waals surface area contributed by atoms with Gasteiger partial charge in [0.2, 0.25) is 0 Å². The third kappa shape index (κ3) is 7.32. The van der Waals surface area contributed by atoms with E-state index in [1.165, 1.54) is 42.8 Å². The largest absolute Gasteiger partial charge is 0.399 e. The smallest absolute Gasteiger partial charge is 0.0314 e. The Kier molecular flexibility index (Phi) is 7.18. The minimum absolute atomic E-state index is 0.850. The maximum absolute atomic E-state index is 5.65. The van der Waals surface area contributed by atoms with Crippen molar-refractivity contribution in [3.05, 3.63) is 24.3 Å². The van der Waals surface area contributed by atoms with Crippen molar-refractivity contribution in [1.29, 1.82) is 0 Å². The Morgan fingerprint density at radius 2 is 1.65 bits per heavy atom. The van der Waals surface area contributed by atoms with Crippen molar-refractivity contribution in [3.8, 4) is 0 Å². The van der Waals surface area contributed by atoms with Crippen LogP contribution in [0.3, 0.4) is 0 Å². The monoisotopic (exact) mass is 251 g/mol. The average molecular weight is 251 g/mol. The number of hydrogen-bond donors (Lipinski definition) is 1. The van der Waals surface area contributed by atoms with E-state index in [0.29, 0.717) is 0 Å². The molecular weight excluding hydrogens is 226 g/mol. The van der Waals surface area contributed by atoms with Crippen LogP contribution in [0.4, 0.5) is 5.69 Å². The van der Waals surface area contributed by atoms with Gasteiger partial charge in [0.15, 0.2) is 0 Å². The van der Waals surface area contributed by atoms with Crippen molar-refractivity contribution in [2.45, 2.75) is 50.8 Å². The summed E-state index contributed by atoms with van der Waals surface area (Å²) in [5.41, 5.74) is 6.50. The zero-order valence-corrected chi connectivity index (χ0v) is 11.9. The highest BCUT2D eigenvalue weighted by molar-refractivity contribution is 7.99. The molecule has 0 aliphatic heterocycles. The molecule has 0 radical (unpaired) electrons. The zero-order chi connectivity index (χ0) is 12.5. The van der Waals surface area contributed by atoms with E-state index in [2.05, 4.69) is 26.0 Å². The Labute approximate surface area is 110 Å². The first-order chi connectivity index (χ1) is 8.18. The van der Waals surface area contributed by atoms with Crippen LogP contribution >= 0.6 is 11.8 Å². The van der Waals surface area contributed by atoms with Crippen molar-refractivity contribution in [2.24, 2.45) is 5.92 Å². The summed E-state index contributed by atoms with van der Waals surface area (Å²) in [6.07, 6.45) is 6.86. The van der Waals surface area contributed by atoms with Crippen molar-refractivity contribution < 1.29 is 0 Å². The van der Waals surface area contributed by atoms with Crippen molar-refractivity contribution in [3.63, 3.8) is 0 Å². The fourth-order valence-electron chi connectivity index (χ4n) is 1.76. The average Bonchev–Trinajstić information content (AvgIpc) is 2.30. The predicted molar refractivity (Wildman–Crippen MR) is 79.5 cm³/mol. The molecule has 0 spiro atoms. The first kappa shape index (κ1) is 14.4. The van der Waals surface area contributed by atoms with Crippen LogP contribution in [0, 0.1) is 5.92 Å². The molecule has 1 nitrogen and oxygen atoms in total. The summed E-state index contributed by atoms with van der Waals surface area (Å²) in [4.78, 5) is 1.33. The molecule has 17 heavy (non-hydrogen) atoms. The second kappa shape index (κ2) is 8.46. The fourth-order valence-corrected chi connectivity index (χ4v) is 2.67. The summed E-state index contributed by atoms with van der Waals surface area (Å²) >= 11 is 1.94. The molecule has 2 heteroatoms. The van der Waals surface area contributed by atoms with Crippen LogP contribution in [0.15, 0.2) is 29.2 Å². The molecule has 96 valence electrons. The lowest BCUT2D eigenvalue weighted by molar-refractivity contribution is 0.525. The second-order valence-corrected chi connectivity index (χ2v) is 6.18. The van der Waals surface area contributed by atoms with Gasteiger partial charge in [0.05, 0.1) is 0 Å². The van der Waals surface area contributed by atoms with Crippen molar-refractivity contribution in [1.82, 2.24) is 0 Å². The van der Waals surface area contributed by atoms with E-state index >= 15 is 0 Å². The molecule has 0 saturated heterocycles. The van der Waals surface area contributed by atoms with Crippen molar-refractivity contribution >= 4 is 17.4 Å². The normalized spacial score (nSPS) is 11.0. The maximum Gasteiger partial charge on any atom is 0.0314 e. The number of nitrogen functional groups attached to an aromatic ring is 1. The van der Waals surface area contributed by atoms with Gasteiger partial charge in [-0.05, 0) is 42.4 Å². The first-order valence-corrected chi connectivity index (χ1v) is 7.65. The van der Waals surface area contributed by atoms with E-state index in [0.717, 1.165) is 11.6 Å². The van der Waals surface area contributed by atoms with Gasteiger partial charge in [0.25, 0.3) is 0 Å². The van der Waals surface area contributed by atoms with Gasteiger partial charge in [0, 0.05) is 10.6 Å². The molecular formula is C15H25NS. The molecule has 2 N–H and O–H groups in total. The number of rotatable bonds is 8. The van der Waals surface area contributed by atoms with Crippen LogP contribution in [0.25, 0.3) is 0 Å². The Hall–Kier alpha value is -0.630. The van der Waals surface area contributed by atoms with Gasteiger partial charge in [-0.1, -0.05) is 39.5 Å². The summed E-state index contributed by atoms with van der Waals surface area (Å²) in [5.74, 6) is 2.09. The van der Waals surface area contributed by atoms with E-state index in [-0.39, 0.29) is 0 Å². The Morgan fingerprint density at radius 3 is 2.29 bits per heavy atom. The number of nitrogens with two attached hydrogens (primary N) is 1. The Morgan fingerprint density at radius 1 is 1.00 bits per heavy atom. The molecule has 1 rings (SSSR count). The lowest BCUT2D eigenvalue weighted by Crippen LogP contribution is -1.88. The molecule has 0 aliphatic rings. The molecule has 0 bridgehead atoms. The number of anilines is 1. The molecule has 0 fully saturated rings. The Balaban J connectivity index is 1.99. The molecule has 0 saturated carbocycles. The van der Waals surface area contributed by atoms with Gasteiger partial charge in [-0.25, -0.2) is 0 Å². The third-order valence-electron chi connectivity index (χ3n) is 2.82. The number of benzene rings is 1. The van der Waals surface area contributed by atoms with Crippen LogP contribution in [0.1, 0.15) is 46.0 Å². The summed E-state index contributed by atoms with van der Waals surface area (Å²) in [7, 11) is 0. The highest BCUT2D eigenvalue weighted by Crippen LogP contribution is 2.21. The molecule has 0 aliphatic carbocycles. The van der Waals surface area contributed by atoms with E-state index < -0.39 is 0 Å². The minimum atomic E-state index is 0.850. The standard InChI is InChI=1S/C15H25NS/c1-13(2)7-5-3-4-6-12-17-15-10-8-14(16)9-11-15/h8-11,13H,3-7,12,16H2,1-2H3. The van der Waals surface area contributed by atoms with E-state index in [1.807, 2.05) is 23.9 Å². The van der Waals surface area contributed by atoms with Crippen molar-refractivity contribution in [2.75, 3.05) is 11.5 Å². The number of unbranched alkanes of at least 4 members (excludes halogenated alkanes) is 3. The molecule has 0 unspecified atom stereocenters. The van der Waals surface area contributed by atoms with Gasteiger partial charge in [-0.15, -0.1) is 11.8 Å². The molecule has 1 aromatic rings. The lowest BCUT2D eigenvalue weighted by Gasteiger charge is -2.04. The Bertz CT molecular complexity index is 292.